The Balaban J connectivity index is 1.74. The van der Waals surface area contributed by atoms with E-state index in [1.54, 1.807) is 0 Å². The lowest BCUT2D eigenvalue weighted by Gasteiger charge is -2.34. The Morgan fingerprint density at radius 3 is 1.92 bits per heavy atom. The SMILES string of the molecule is CC[C@H](C)C[C@H](C)CCCCCCCCC(=O)N[C@H]1C[C@@H](O)[C@@H](NCCN)NC(=O)[C@@H]2C[C@@H](NO)CN2C(=O)[C@H]([C@H](O)CCN)NC(=O)[C@H]([C@H](O)[C@@H](O)c2ccc(O)cc2)NC(=O)[C@@H]2C[C@@H](O)CN2C(=O)[C@H]([C@@H](C)O)NC1=O. The van der Waals surface area contributed by atoms with Gasteiger partial charge < -0.3 is 88.8 Å². The van der Waals surface area contributed by atoms with E-state index in [9.17, 15) is 74.5 Å². The van der Waals surface area contributed by atoms with Crippen LogP contribution in [0, 0.1) is 11.8 Å². The van der Waals surface area contributed by atoms with Crippen LogP contribution in [-0.2, 0) is 33.6 Å². The van der Waals surface area contributed by atoms with Gasteiger partial charge in [-0.1, -0.05) is 77.8 Å². The number of phenolic OH excluding ortho intramolecular Hbond substituents is 1. The second kappa shape index (κ2) is 32.2. The highest BCUT2D eigenvalue weighted by Crippen LogP contribution is 2.27. The Kier molecular flexibility index (Phi) is 27.0. The number of nitrogens with two attached hydrogens (primary N) is 2. The van der Waals surface area contributed by atoms with Crippen molar-refractivity contribution < 1.29 is 74.5 Å². The summed E-state index contributed by atoms with van der Waals surface area (Å²) in [5.74, 6) is -6.30. The van der Waals surface area contributed by atoms with Gasteiger partial charge in [0, 0.05) is 45.4 Å². The van der Waals surface area contributed by atoms with Crippen LogP contribution in [0.1, 0.15) is 129 Å². The van der Waals surface area contributed by atoms with Gasteiger partial charge in [-0.25, -0.2) is 5.48 Å². The number of carbonyl (C=O) groups excluding carboxylic acids is 7. The van der Waals surface area contributed by atoms with Crippen molar-refractivity contribution in [1.29, 1.82) is 0 Å². The first-order chi connectivity index (χ1) is 37.0. The summed E-state index contributed by atoms with van der Waals surface area (Å²) in [7, 11) is 0. The number of phenols is 1. The molecule has 3 saturated heterocycles. The Bertz CT molecular complexity index is 2090. The third kappa shape index (κ3) is 19.0. The van der Waals surface area contributed by atoms with Crippen LogP contribution < -0.4 is 48.8 Å². The summed E-state index contributed by atoms with van der Waals surface area (Å²) in [6.07, 6.45) is -5.43. The standard InChI is InChI=1S/C52H89N11O15/c1-5-28(2)22-29(3)12-10-8-6-7-9-11-13-40(69)56-35-25-39(68)46(55-21-20-54)60-49(74)36-23-32(61-78)26-62(36)52(77)42(38(67)18-19-53)58-50(75)43(45(71)44(70)31-14-16-33(65)17-15-31)59-48(73)37-24-34(66)27-63(37)51(76)41(30(4)64)57-47(35)72/h14-17,28-30,32,34-39,41-46,55,61,64-68,70-71,78H,5-13,18-27,53-54H2,1-4H3,(H,56,69)(H,57,72)(H,58,75)(H,59,73)(H,60,74)/t28-,29+,30+,32+,34+,35-,36-,37-,38+,39+,41-,42-,43-,44-,45-,46-/m0/s1. The average Bonchev–Trinajstić information content (AvgIpc) is 4.06. The summed E-state index contributed by atoms with van der Waals surface area (Å²) in [4.78, 5) is 102. The van der Waals surface area contributed by atoms with Gasteiger partial charge in [-0.3, -0.25) is 38.9 Å². The third-order valence-electron chi connectivity index (χ3n) is 15.0. The van der Waals surface area contributed by atoms with Crippen molar-refractivity contribution in [3.63, 3.8) is 0 Å². The molecule has 442 valence electrons. The molecule has 7 amide bonds. The number of aliphatic hydroxyl groups excluding tert-OH is 6. The molecule has 0 aromatic heterocycles. The maximum atomic E-state index is 14.7. The van der Waals surface area contributed by atoms with E-state index >= 15 is 0 Å². The van der Waals surface area contributed by atoms with Crippen LogP contribution in [0.3, 0.4) is 0 Å². The minimum absolute atomic E-state index is 0.0224. The lowest BCUT2D eigenvalue weighted by atomic mass is 9.91. The molecule has 26 heteroatoms. The maximum absolute atomic E-state index is 14.7. The fourth-order valence-corrected chi connectivity index (χ4v) is 10.3. The van der Waals surface area contributed by atoms with Gasteiger partial charge >= 0.3 is 0 Å². The Labute approximate surface area is 456 Å². The van der Waals surface area contributed by atoms with Crippen molar-refractivity contribution in [2.75, 3.05) is 32.7 Å². The lowest BCUT2D eigenvalue weighted by molar-refractivity contribution is -0.147. The number of nitrogens with one attached hydrogen (secondary N) is 7. The van der Waals surface area contributed by atoms with Gasteiger partial charge in [-0.15, -0.1) is 0 Å². The van der Waals surface area contributed by atoms with E-state index < -0.39 is 152 Å². The summed E-state index contributed by atoms with van der Waals surface area (Å²) < 4.78 is 0. The number of fused-ring (bicyclic) bond motifs is 2. The van der Waals surface area contributed by atoms with E-state index in [0.717, 1.165) is 55.2 Å². The number of unbranched alkanes of at least 4 members (excludes halogenated alkanes) is 5. The molecule has 0 aliphatic carbocycles. The second-order valence-corrected chi connectivity index (χ2v) is 21.5. The van der Waals surface area contributed by atoms with Crippen LogP contribution in [0.15, 0.2) is 24.3 Å². The molecule has 78 heavy (non-hydrogen) atoms. The first-order valence-corrected chi connectivity index (χ1v) is 27.6. The highest BCUT2D eigenvalue weighted by Gasteiger charge is 2.48. The molecular formula is C52H89N11O15. The van der Waals surface area contributed by atoms with Crippen LogP contribution >= 0.6 is 0 Å². The smallest absolute Gasteiger partial charge is 0.248 e. The Hall–Kier alpha value is -5.13. The number of rotatable bonds is 24. The number of benzene rings is 1. The summed E-state index contributed by atoms with van der Waals surface area (Å²) in [6.45, 7) is 6.67. The third-order valence-corrected chi connectivity index (χ3v) is 15.0. The van der Waals surface area contributed by atoms with E-state index in [1.165, 1.54) is 30.7 Å². The summed E-state index contributed by atoms with van der Waals surface area (Å²) in [5.41, 5.74) is 13.5. The van der Waals surface area contributed by atoms with E-state index in [2.05, 4.69) is 52.7 Å². The largest absolute Gasteiger partial charge is 0.508 e. The molecule has 1 aromatic carbocycles. The molecule has 16 atom stereocenters. The molecule has 3 heterocycles. The van der Waals surface area contributed by atoms with E-state index in [1.807, 2.05) is 5.48 Å². The zero-order valence-corrected chi connectivity index (χ0v) is 45.5. The summed E-state index contributed by atoms with van der Waals surface area (Å²) in [6, 6.07) is -7.13. The van der Waals surface area contributed by atoms with Crippen molar-refractivity contribution in [1.82, 2.24) is 47.2 Å². The van der Waals surface area contributed by atoms with Crippen molar-refractivity contribution in [3.05, 3.63) is 29.8 Å². The summed E-state index contributed by atoms with van der Waals surface area (Å²) >= 11 is 0. The number of carbonyl (C=O) groups is 7. The minimum Gasteiger partial charge on any atom is -0.508 e. The molecule has 26 nitrogen and oxygen atoms in total. The minimum atomic E-state index is -2.28. The normalized spacial score (nSPS) is 28.4. The predicted octanol–water partition coefficient (Wildman–Crippen LogP) is -3.33. The van der Waals surface area contributed by atoms with Gasteiger partial charge in [0.2, 0.25) is 41.4 Å². The average molecular weight is 1110 g/mol. The van der Waals surface area contributed by atoms with Crippen molar-refractivity contribution in [2.45, 2.75) is 203 Å². The molecule has 0 bridgehead atoms. The number of hydrogen-bond donors (Lipinski definition) is 17. The molecule has 0 radical (unpaired) electrons. The fraction of sp³-hybridized carbons (Fsp3) is 0.750. The van der Waals surface area contributed by atoms with Gasteiger partial charge in [0.1, 0.15) is 60.4 Å². The van der Waals surface area contributed by atoms with Crippen LogP contribution in [-0.4, -0.2) is 204 Å². The molecule has 19 N–H and O–H groups in total. The monoisotopic (exact) mass is 1110 g/mol. The molecule has 3 aliphatic heterocycles. The Morgan fingerprint density at radius 2 is 1.29 bits per heavy atom. The number of hydroxylamine groups is 1. The topological polar surface area (TPSA) is 424 Å². The van der Waals surface area contributed by atoms with E-state index in [0.29, 0.717) is 24.7 Å². The molecule has 1 aromatic rings. The quantitative estimate of drug-likeness (QED) is 0.0356. The molecule has 3 aliphatic rings. The highest BCUT2D eigenvalue weighted by atomic mass is 16.5. The zero-order chi connectivity index (χ0) is 57.8. The van der Waals surface area contributed by atoms with Crippen LogP contribution in [0.4, 0.5) is 0 Å². The van der Waals surface area contributed by atoms with Crippen molar-refractivity contribution in [3.8, 4) is 5.75 Å². The van der Waals surface area contributed by atoms with E-state index in [4.69, 9.17) is 11.5 Å². The van der Waals surface area contributed by atoms with Crippen molar-refractivity contribution >= 4 is 41.4 Å². The fourth-order valence-electron chi connectivity index (χ4n) is 10.3. The molecule has 0 unspecified atom stereocenters. The molecular weight excluding hydrogens is 1020 g/mol. The Morgan fingerprint density at radius 1 is 0.705 bits per heavy atom. The maximum Gasteiger partial charge on any atom is 0.248 e. The van der Waals surface area contributed by atoms with Crippen LogP contribution in [0.5, 0.6) is 5.75 Å². The number of nitrogens with zero attached hydrogens (tertiary/aromatic N) is 2. The molecule has 0 spiro atoms. The zero-order valence-electron chi connectivity index (χ0n) is 45.5. The van der Waals surface area contributed by atoms with Gasteiger partial charge in [0.25, 0.3) is 0 Å². The van der Waals surface area contributed by atoms with Crippen LogP contribution in [0.2, 0.25) is 0 Å². The van der Waals surface area contributed by atoms with Gasteiger partial charge in [0.15, 0.2) is 0 Å². The van der Waals surface area contributed by atoms with Crippen LogP contribution in [0.25, 0.3) is 0 Å². The first-order valence-electron chi connectivity index (χ1n) is 27.6. The highest BCUT2D eigenvalue weighted by molar-refractivity contribution is 5.98. The summed E-state index contributed by atoms with van der Waals surface area (Å²) in [5, 5.41) is 104. The number of aliphatic hydroxyl groups is 6. The number of aromatic hydroxyl groups is 1. The first kappa shape index (κ1) is 65.4. The van der Waals surface area contributed by atoms with Gasteiger partial charge in [-0.2, -0.15) is 0 Å². The lowest BCUT2D eigenvalue weighted by Crippen LogP contribution is -2.64. The molecule has 4 rings (SSSR count). The van der Waals surface area contributed by atoms with Gasteiger partial charge in [-0.05, 0) is 68.7 Å². The van der Waals surface area contributed by atoms with E-state index in [-0.39, 0.29) is 50.2 Å². The van der Waals surface area contributed by atoms with Gasteiger partial charge in [0.05, 0.1) is 30.5 Å². The van der Waals surface area contributed by atoms with Crippen molar-refractivity contribution in [2.24, 2.45) is 23.3 Å². The number of amides is 7. The predicted molar refractivity (Wildman–Crippen MR) is 283 cm³/mol. The molecule has 0 saturated carbocycles. The second-order valence-electron chi connectivity index (χ2n) is 21.5. The molecule has 3 fully saturated rings. The number of hydrogen-bond acceptors (Lipinski definition) is 19.